The van der Waals surface area contributed by atoms with Gasteiger partial charge < -0.3 is 15.1 Å². The number of halogens is 1. The van der Waals surface area contributed by atoms with Crippen molar-refractivity contribution in [1.29, 1.82) is 0 Å². The Morgan fingerprint density at radius 1 is 1.29 bits per heavy atom. The molecule has 0 radical (unpaired) electrons. The maximum absolute atomic E-state index is 13.4. The monoisotopic (exact) mass is 291 g/mol. The zero-order valence-corrected chi connectivity index (χ0v) is 12.4. The van der Waals surface area contributed by atoms with E-state index in [9.17, 15) is 9.18 Å². The van der Waals surface area contributed by atoms with Crippen molar-refractivity contribution in [2.24, 2.45) is 0 Å². The Morgan fingerprint density at radius 3 is 2.81 bits per heavy atom. The highest BCUT2D eigenvalue weighted by Crippen LogP contribution is 2.29. The first-order valence-electron chi connectivity index (χ1n) is 7.71. The number of carbonyl (C=O) groups is 1. The standard InChI is InChI=1S/C16H22FN3O/c1-12(16(21)19-9-6-18-7-10-19)20-8-2-3-13-11-14(17)4-5-15(13)20/h4-5,11-12,18H,2-3,6-10H2,1H3. The number of fused-ring (bicyclic) bond motifs is 1. The van der Waals surface area contributed by atoms with Gasteiger partial charge in [-0.3, -0.25) is 4.79 Å². The van der Waals surface area contributed by atoms with Gasteiger partial charge in [-0.25, -0.2) is 4.39 Å². The minimum Gasteiger partial charge on any atom is -0.360 e. The smallest absolute Gasteiger partial charge is 0.245 e. The Labute approximate surface area is 124 Å². The molecule has 1 aromatic rings. The number of benzene rings is 1. The lowest BCUT2D eigenvalue weighted by Crippen LogP contribution is -2.54. The number of rotatable bonds is 2. The van der Waals surface area contributed by atoms with Crippen molar-refractivity contribution < 1.29 is 9.18 Å². The number of nitrogens with one attached hydrogen (secondary N) is 1. The molecule has 2 heterocycles. The highest BCUT2D eigenvalue weighted by atomic mass is 19.1. The third kappa shape index (κ3) is 2.88. The van der Waals surface area contributed by atoms with E-state index in [1.54, 1.807) is 6.07 Å². The molecule has 1 amide bonds. The van der Waals surface area contributed by atoms with Crippen molar-refractivity contribution in [2.45, 2.75) is 25.8 Å². The average Bonchev–Trinajstić information content (AvgIpc) is 2.53. The molecule has 0 spiro atoms. The van der Waals surface area contributed by atoms with Crippen LogP contribution in [0.1, 0.15) is 18.9 Å². The number of piperazine rings is 1. The lowest BCUT2D eigenvalue weighted by molar-refractivity contribution is -0.132. The van der Waals surface area contributed by atoms with Crippen LogP contribution in [0.2, 0.25) is 0 Å². The van der Waals surface area contributed by atoms with E-state index in [0.717, 1.165) is 56.8 Å². The fraction of sp³-hybridized carbons (Fsp3) is 0.562. The van der Waals surface area contributed by atoms with Crippen molar-refractivity contribution in [3.63, 3.8) is 0 Å². The molecule has 0 saturated carbocycles. The number of amides is 1. The summed E-state index contributed by atoms with van der Waals surface area (Å²) in [6.45, 7) is 6.08. The van der Waals surface area contributed by atoms with Crippen molar-refractivity contribution in [1.82, 2.24) is 10.2 Å². The summed E-state index contributed by atoms with van der Waals surface area (Å²) < 4.78 is 13.4. The SMILES string of the molecule is CC(C(=O)N1CCNCC1)N1CCCc2cc(F)ccc21. The van der Waals surface area contributed by atoms with Crippen LogP contribution < -0.4 is 10.2 Å². The number of hydrogen-bond donors (Lipinski definition) is 1. The lowest BCUT2D eigenvalue weighted by Gasteiger charge is -2.38. The molecule has 5 heteroatoms. The second-order valence-electron chi connectivity index (χ2n) is 5.82. The molecule has 1 fully saturated rings. The number of anilines is 1. The van der Waals surface area contributed by atoms with Crippen LogP contribution in [0.3, 0.4) is 0 Å². The molecule has 1 aromatic carbocycles. The molecular weight excluding hydrogens is 269 g/mol. The van der Waals surface area contributed by atoms with Crippen molar-refractivity contribution in [2.75, 3.05) is 37.6 Å². The molecule has 0 aromatic heterocycles. The van der Waals surface area contributed by atoms with Crippen LogP contribution in [0, 0.1) is 5.82 Å². The van der Waals surface area contributed by atoms with Crippen LogP contribution >= 0.6 is 0 Å². The molecule has 1 unspecified atom stereocenters. The van der Waals surface area contributed by atoms with Gasteiger partial charge in [-0.2, -0.15) is 0 Å². The Morgan fingerprint density at radius 2 is 2.05 bits per heavy atom. The second kappa shape index (κ2) is 6.02. The lowest BCUT2D eigenvalue weighted by atomic mass is 9.99. The van der Waals surface area contributed by atoms with Gasteiger partial charge in [-0.1, -0.05) is 0 Å². The quantitative estimate of drug-likeness (QED) is 0.894. The third-order valence-electron chi connectivity index (χ3n) is 4.45. The van der Waals surface area contributed by atoms with Gasteiger partial charge in [-0.05, 0) is 43.5 Å². The van der Waals surface area contributed by atoms with E-state index in [2.05, 4.69) is 10.2 Å². The van der Waals surface area contributed by atoms with Crippen LogP contribution in [0.4, 0.5) is 10.1 Å². The molecule has 2 aliphatic heterocycles. The summed E-state index contributed by atoms with van der Waals surface area (Å²) >= 11 is 0. The van der Waals surface area contributed by atoms with Gasteiger partial charge in [-0.15, -0.1) is 0 Å². The summed E-state index contributed by atoms with van der Waals surface area (Å²) in [5, 5.41) is 3.26. The molecular formula is C16H22FN3O. The first kappa shape index (κ1) is 14.3. The number of aryl methyl sites for hydroxylation is 1. The fourth-order valence-corrected chi connectivity index (χ4v) is 3.28. The Hall–Kier alpha value is -1.62. The van der Waals surface area contributed by atoms with E-state index < -0.39 is 0 Å². The normalized spacial score (nSPS) is 20.1. The van der Waals surface area contributed by atoms with Crippen LogP contribution in [-0.4, -0.2) is 49.6 Å². The van der Waals surface area contributed by atoms with E-state index in [1.807, 2.05) is 17.9 Å². The maximum Gasteiger partial charge on any atom is 0.245 e. The molecule has 1 saturated heterocycles. The molecule has 4 nitrogen and oxygen atoms in total. The molecule has 0 aliphatic carbocycles. The molecule has 1 N–H and O–H groups in total. The number of nitrogens with zero attached hydrogens (tertiary/aromatic N) is 2. The largest absolute Gasteiger partial charge is 0.360 e. The predicted octanol–water partition coefficient (Wildman–Crippen LogP) is 1.40. The predicted molar refractivity (Wildman–Crippen MR) is 81.0 cm³/mol. The first-order valence-corrected chi connectivity index (χ1v) is 7.71. The third-order valence-corrected chi connectivity index (χ3v) is 4.45. The fourth-order valence-electron chi connectivity index (χ4n) is 3.28. The summed E-state index contributed by atoms with van der Waals surface area (Å²) in [7, 11) is 0. The van der Waals surface area contributed by atoms with E-state index in [0.29, 0.717) is 0 Å². The van der Waals surface area contributed by atoms with Gasteiger partial charge in [0.15, 0.2) is 0 Å². The van der Waals surface area contributed by atoms with Crippen LogP contribution in [-0.2, 0) is 11.2 Å². The van der Waals surface area contributed by atoms with E-state index in [-0.39, 0.29) is 17.8 Å². The highest BCUT2D eigenvalue weighted by molar-refractivity contribution is 5.85. The van der Waals surface area contributed by atoms with Crippen LogP contribution in [0.15, 0.2) is 18.2 Å². The molecule has 114 valence electrons. The summed E-state index contributed by atoms with van der Waals surface area (Å²) in [6, 6.07) is 4.71. The van der Waals surface area contributed by atoms with Gasteiger partial charge in [0.1, 0.15) is 11.9 Å². The van der Waals surface area contributed by atoms with Gasteiger partial charge in [0.05, 0.1) is 0 Å². The molecule has 21 heavy (non-hydrogen) atoms. The van der Waals surface area contributed by atoms with E-state index in [4.69, 9.17) is 0 Å². The minimum atomic E-state index is -0.198. The summed E-state index contributed by atoms with van der Waals surface area (Å²) in [6.07, 6.45) is 1.85. The van der Waals surface area contributed by atoms with Crippen molar-refractivity contribution in [3.05, 3.63) is 29.6 Å². The van der Waals surface area contributed by atoms with Crippen LogP contribution in [0.25, 0.3) is 0 Å². The molecule has 2 aliphatic rings. The van der Waals surface area contributed by atoms with Crippen molar-refractivity contribution >= 4 is 11.6 Å². The minimum absolute atomic E-state index is 0.175. The summed E-state index contributed by atoms with van der Waals surface area (Å²) in [5.41, 5.74) is 2.03. The first-order chi connectivity index (χ1) is 10.2. The second-order valence-corrected chi connectivity index (χ2v) is 5.82. The molecule has 0 bridgehead atoms. The molecule has 1 atom stereocenters. The number of hydrogen-bond acceptors (Lipinski definition) is 3. The number of carbonyl (C=O) groups excluding carboxylic acids is 1. The Kier molecular flexibility index (Phi) is 4.10. The van der Waals surface area contributed by atoms with Gasteiger partial charge in [0, 0.05) is 38.4 Å². The summed E-state index contributed by atoms with van der Waals surface area (Å²) in [5.74, 6) is -0.0228. The average molecular weight is 291 g/mol. The Balaban J connectivity index is 1.79. The zero-order valence-electron chi connectivity index (χ0n) is 12.4. The topological polar surface area (TPSA) is 35.6 Å². The van der Waals surface area contributed by atoms with Crippen molar-refractivity contribution in [3.8, 4) is 0 Å². The molecule has 3 rings (SSSR count). The van der Waals surface area contributed by atoms with Gasteiger partial charge in [0.25, 0.3) is 0 Å². The maximum atomic E-state index is 13.4. The van der Waals surface area contributed by atoms with Crippen LogP contribution in [0.5, 0.6) is 0 Å². The zero-order chi connectivity index (χ0) is 14.8. The van der Waals surface area contributed by atoms with Gasteiger partial charge >= 0.3 is 0 Å². The Bertz CT molecular complexity index is 528. The van der Waals surface area contributed by atoms with Gasteiger partial charge in [0.2, 0.25) is 5.91 Å². The van der Waals surface area contributed by atoms with E-state index in [1.165, 1.54) is 6.07 Å². The summed E-state index contributed by atoms with van der Waals surface area (Å²) in [4.78, 5) is 16.7. The van der Waals surface area contributed by atoms with E-state index >= 15 is 0 Å². The highest BCUT2D eigenvalue weighted by Gasteiger charge is 2.29.